The second kappa shape index (κ2) is 6.11. The van der Waals surface area contributed by atoms with Gasteiger partial charge < -0.3 is 4.57 Å². The van der Waals surface area contributed by atoms with Gasteiger partial charge in [0.2, 0.25) is 0 Å². The van der Waals surface area contributed by atoms with Crippen LogP contribution in [0.25, 0.3) is 11.4 Å². The number of halogens is 3. The first-order valence-corrected chi connectivity index (χ1v) is 8.82. The molecule has 6 heteroatoms. The van der Waals surface area contributed by atoms with Crippen LogP contribution in [-0.2, 0) is 12.5 Å². The SMILES string of the molecule is Cn1c(-c2ccccc2Cl)nnc1C1(c2ccc(Cl)cc2)CC(F)C1. The quantitative estimate of drug-likeness (QED) is 0.629. The summed E-state index contributed by atoms with van der Waals surface area (Å²) in [5.74, 6) is 1.43. The standard InChI is InChI=1S/C19H16Cl2FN3/c1-25-17(15-4-2-3-5-16(15)21)23-24-18(25)19(10-14(22)11-19)12-6-8-13(20)9-7-12/h2-9,14H,10-11H2,1H3. The van der Waals surface area contributed by atoms with E-state index in [-0.39, 0.29) is 0 Å². The van der Waals surface area contributed by atoms with Crippen molar-refractivity contribution in [2.75, 3.05) is 0 Å². The lowest BCUT2D eigenvalue weighted by Crippen LogP contribution is -2.45. The van der Waals surface area contributed by atoms with Crippen LogP contribution in [0.5, 0.6) is 0 Å². The molecular weight excluding hydrogens is 360 g/mol. The van der Waals surface area contributed by atoms with E-state index in [4.69, 9.17) is 23.2 Å². The third-order valence-electron chi connectivity index (χ3n) is 4.95. The second-order valence-electron chi connectivity index (χ2n) is 6.48. The minimum atomic E-state index is -0.837. The molecule has 1 saturated carbocycles. The Labute approximate surface area is 155 Å². The third-order valence-corrected chi connectivity index (χ3v) is 5.54. The fraction of sp³-hybridized carbons (Fsp3) is 0.263. The Morgan fingerprint density at radius 2 is 1.72 bits per heavy atom. The summed E-state index contributed by atoms with van der Waals surface area (Å²) in [6.07, 6.45) is -0.0529. The molecule has 1 aliphatic rings. The molecule has 0 atom stereocenters. The second-order valence-corrected chi connectivity index (χ2v) is 7.32. The number of aromatic nitrogens is 3. The first kappa shape index (κ1) is 16.6. The summed E-state index contributed by atoms with van der Waals surface area (Å²) >= 11 is 12.3. The van der Waals surface area contributed by atoms with E-state index in [1.54, 1.807) is 0 Å². The fourth-order valence-corrected chi connectivity index (χ4v) is 3.98. The maximum atomic E-state index is 13.9. The number of hydrogen-bond acceptors (Lipinski definition) is 2. The molecule has 2 aromatic carbocycles. The molecule has 3 aromatic rings. The lowest BCUT2D eigenvalue weighted by Gasteiger charge is -2.43. The molecule has 1 heterocycles. The molecule has 0 spiro atoms. The van der Waals surface area contributed by atoms with Gasteiger partial charge in [-0.15, -0.1) is 10.2 Å². The zero-order valence-corrected chi connectivity index (χ0v) is 15.1. The molecule has 128 valence electrons. The molecular formula is C19H16Cl2FN3. The van der Waals surface area contributed by atoms with Gasteiger partial charge >= 0.3 is 0 Å². The van der Waals surface area contributed by atoms with Crippen molar-refractivity contribution in [3.8, 4) is 11.4 Å². The minimum Gasteiger partial charge on any atom is -0.313 e. The first-order chi connectivity index (χ1) is 12.0. The van der Waals surface area contributed by atoms with E-state index in [0.29, 0.717) is 28.7 Å². The van der Waals surface area contributed by atoms with E-state index in [0.717, 1.165) is 17.0 Å². The molecule has 0 radical (unpaired) electrons. The van der Waals surface area contributed by atoms with Gasteiger partial charge in [0.25, 0.3) is 0 Å². The highest BCUT2D eigenvalue weighted by molar-refractivity contribution is 6.33. The van der Waals surface area contributed by atoms with Crippen molar-refractivity contribution in [2.24, 2.45) is 7.05 Å². The van der Waals surface area contributed by atoms with Gasteiger partial charge in [-0.1, -0.05) is 47.5 Å². The summed E-state index contributed by atoms with van der Waals surface area (Å²) in [6.45, 7) is 0. The lowest BCUT2D eigenvalue weighted by molar-refractivity contribution is 0.114. The van der Waals surface area contributed by atoms with E-state index in [2.05, 4.69) is 10.2 Å². The molecule has 1 aliphatic carbocycles. The molecule has 0 amide bonds. The normalized spacial score (nSPS) is 22.6. The number of alkyl halides is 1. The summed E-state index contributed by atoms with van der Waals surface area (Å²) in [5, 5.41) is 10.0. The van der Waals surface area contributed by atoms with E-state index in [1.165, 1.54) is 0 Å². The Morgan fingerprint density at radius 1 is 1.04 bits per heavy atom. The lowest BCUT2D eigenvalue weighted by atomic mass is 9.62. The van der Waals surface area contributed by atoms with Gasteiger partial charge in [0, 0.05) is 17.6 Å². The molecule has 0 bridgehead atoms. The van der Waals surface area contributed by atoms with E-state index in [1.807, 2.05) is 60.1 Å². The van der Waals surface area contributed by atoms with Crippen LogP contribution >= 0.6 is 23.2 Å². The highest BCUT2D eigenvalue weighted by Gasteiger charge is 2.50. The summed E-state index contributed by atoms with van der Waals surface area (Å²) in [4.78, 5) is 0. The third kappa shape index (κ3) is 2.64. The number of rotatable bonds is 3. The van der Waals surface area contributed by atoms with Crippen LogP contribution < -0.4 is 0 Å². The maximum Gasteiger partial charge on any atom is 0.165 e. The minimum absolute atomic E-state index is 0.392. The summed E-state index contributed by atoms with van der Waals surface area (Å²) in [5.41, 5.74) is 1.34. The van der Waals surface area contributed by atoms with Crippen molar-refractivity contribution in [1.82, 2.24) is 14.8 Å². The predicted octanol–water partition coefficient (Wildman–Crippen LogP) is 5.21. The monoisotopic (exact) mass is 375 g/mol. The van der Waals surface area contributed by atoms with Crippen LogP contribution in [0.15, 0.2) is 48.5 Å². The van der Waals surface area contributed by atoms with Gasteiger partial charge in [-0.3, -0.25) is 0 Å². The molecule has 1 aromatic heterocycles. The van der Waals surface area contributed by atoms with Crippen LogP contribution in [0.2, 0.25) is 10.0 Å². The predicted molar refractivity (Wildman–Crippen MR) is 97.8 cm³/mol. The van der Waals surface area contributed by atoms with Crippen molar-refractivity contribution in [1.29, 1.82) is 0 Å². The number of benzene rings is 2. The van der Waals surface area contributed by atoms with Gasteiger partial charge in [0.1, 0.15) is 12.0 Å². The van der Waals surface area contributed by atoms with Crippen molar-refractivity contribution in [2.45, 2.75) is 24.4 Å². The van der Waals surface area contributed by atoms with Gasteiger partial charge in [-0.2, -0.15) is 0 Å². The summed E-state index contributed by atoms with van der Waals surface area (Å²) in [6, 6.07) is 15.1. The fourth-order valence-electron chi connectivity index (χ4n) is 3.64. The van der Waals surface area contributed by atoms with Gasteiger partial charge in [-0.25, -0.2) is 4.39 Å². The van der Waals surface area contributed by atoms with Crippen LogP contribution in [0.3, 0.4) is 0 Å². The molecule has 0 unspecified atom stereocenters. The molecule has 3 nitrogen and oxygen atoms in total. The largest absolute Gasteiger partial charge is 0.313 e. The highest BCUT2D eigenvalue weighted by Crippen LogP contribution is 2.50. The Balaban J connectivity index is 1.83. The Hall–Kier alpha value is -1.91. The molecule has 0 saturated heterocycles. The van der Waals surface area contributed by atoms with Gasteiger partial charge in [0.15, 0.2) is 5.82 Å². The van der Waals surface area contributed by atoms with Crippen LogP contribution in [0.1, 0.15) is 24.2 Å². The van der Waals surface area contributed by atoms with Crippen LogP contribution in [0, 0.1) is 0 Å². The molecule has 1 fully saturated rings. The smallest absolute Gasteiger partial charge is 0.165 e. The molecule has 4 rings (SSSR count). The maximum absolute atomic E-state index is 13.9. The Kier molecular flexibility index (Phi) is 4.05. The van der Waals surface area contributed by atoms with E-state index < -0.39 is 11.6 Å². The zero-order valence-electron chi connectivity index (χ0n) is 13.6. The summed E-state index contributed by atoms with van der Waals surface area (Å²) in [7, 11) is 1.90. The topological polar surface area (TPSA) is 30.7 Å². The number of hydrogen-bond donors (Lipinski definition) is 0. The van der Waals surface area contributed by atoms with Gasteiger partial charge in [-0.05, 0) is 42.7 Å². The average Bonchev–Trinajstić information content (AvgIpc) is 2.95. The van der Waals surface area contributed by atoms with Crippen molar-refractivity contribution < 1.29 is 4.39 Å². The highest BCUT2D eigenvalue weighted by atomic mass is 35.5. The molecule has 25 heavy (non-hydrogen) atoms. The van der Waals surface area contributed by atoms with E-state index in [9.17, 15) is 4.39 Å². The summed E-state index contributed by atoms with van der Waals surface area (Å²) < 4.78 is 15.8. The Bertz CT molecular complexity index is 915. The Morgan fingerprint density at radius 3 is 2.36 bits per heavy atom. The van der Waals surface area contributed by atoms with Crippen molar-refractivity contribution in [3.63, 3.8) is 0 Å². The average molecular weight is 376 g/mol. The zero-order chi connectivity index (χ0) is 17.6. The molecule has 0 aliphatic heterocycles. The van der Waals surface area contributed by atoms with Crippen LogP contribution in [-0.4, -0.2) is 20.9 Å². The van der Waals surface area contributed by atoms with Gasteiger partial charge in [0.05, 0.1) is 10.4 Å². The van der Waals surface area contributed by atoms with E-state index >= 15 is 0 Å². The first-order valence-electron chi connectivity index (χ1n) is 8.06. The van der Waals surface area contributed by atoms with Crippen molar-refractivity contribution >= 4 is 23.2 Å². The van der Waals surface area contributed by atoms with Crippen LogP contribution in [0.4, 0.5) is 4.39 Å². The molecule has 0 N–H and O–H groups in total. The van der Waals surface area contributed by atoms with Crippen molar-refractivity contribution in [3.05, 3.63) is 70.0 Å². The number of nitrogens with zero attached hydrogens (tertiary/aromatic N) is 3.